The third-order valence-corrected chi connectivity index (χ3v) is 3.22. The van der Waals surface area contributed by atoms with Gasteiger partial charge in [-0.2, -0.15) is 14.5 Å². The summed E-state index contributed by atoms with van der Waals surface area (Å²) in [6, 6.07) is 6.61. The van der Waals surface area contributed by atoms with Crippen molar-refractivity contribution in [2.24, 2.45) is 5.14 Å². The Labute approximate surface area is 92.6 Å². The van der Waals surface area contributed by atoms with Crippen LogP contribution >= 0.6 is 0 Å². The molecule has 0 radical (unpaired) electrons. The van der Waals surface area contributed by atoms with E-state index >= 15 is 0 Å². The van der Waals surface area contributed by atoms with Gasteiger partial charge >= 0.3 is 0 Å². The zero-order valence-corrected chi connectivity index (χ0v) is 9.48. The normalized spacial score (nSPS) is 11.6. The average Bonchev–Trinajstić information content (AvgIpc) is 2.73. The van der Waals surface area contributed by atoms with Gasteiger partial charge in [0.25, 0.3) is 0 Å². The van der Waals surface area contributed by atoms with E-state index in [4.69, 9.17) is 5.14 Å². The molecule has 3 N–H and O–H groups in total. The Morgan fingerprint density at radius 2 is 1.75 bits per heavy atom. The monoisotopic (exact) mass is 240 g/mol. The summed E-state index contributed by atoms with van der Waals surface area (Å²) >= 11 is 0. The lowest BCUT2D eigenvalue weighted by atomic mass is 10.2. The summed E-state index contributed by atoms with van der Waals surface area (Å²) in [6.07, 6.45) is 3.89. The fraction of sp³-hybridized carbons (Fsp3) is 0.111. The molecule has 86 valence electrons. The summed E-state index contributed by atoms with van der Waals surface area (Å²) < 4.78 is 25.4. The molecular formula is C9H12N4O2S. The number of nitrogens with zero attached hydrogens (tertiary/aromatic N) is 2. The Balaban J connectivity index is 0.000000156. The molecular weight excluding hydrogens is 228 g/mol. The molecule has 0 saturated heterocycles. The van der Waals surface area contributed by atoms with Gasteiger partial charge in [0.1, 0.15) is 0 Å². The molecule has 0 spiro atoms. The molecule has 0 saturated carbocycles. The molecule has 2 heterocycles. The third-order valence-electron chi connectivity index (χ3n) is 2.15. The van der Waals surface area contributed by atoms with Crippen molar-refractivity contribution in [2.45, 2.75) is 11.8 Å². The SMILES string of the molecule is Cc1ccccc1S(N)(=O)=O.c1cn2[nH]n12. The van der Waals surface area contributed by atoms with E-state index in [1.807, 2.05) is 21.7 Å². The highest BCUT2D eigenvalue weighted by Crippen LogP contribution is 2.10. The Hall–Kier alpha value is -1.73. The Kier molecular flexibility index (Phi) is 2.49. The van der Waals surface area contributed by atoms with Gasteiger partial charge in [0, 0.05) is 0 Å². The Morgan fingerprint density at radius 1 is 1.19 bits per heavy atom. The number of sulfonamides is 1. The van der Waals surface area contributed by atoms with E-state index in [0.717, 1.165) is 0 Å². The molecule has 6 nitrogen and oxygen atoms in total. The maximum Gasteiger partial charge on any atom is 0.238 e. The Bertz CT molecular complexity index is 631. The van der Waals surface area contributed by atoms with E-state index in [1.54, 1.807) is 25.1 Å². The number of aromatic nitrogens is 3. The quantitative estimate of drug-likeness (QED) is 0.647. The molecule has 3 rings (SSSR count). The molecule has 2 aromatic heterocycles. The van der Waals surface area contributed by atoms with Gasteiger partial charge in [0.05, 0.1) is 17.3 Å². The van der Waals surface area contributed by atoms with Gasteiger partial charge in [0.15, 0.2) is 0 Å². The van der Waals surface area contributed by atoms with E-state index in [2.05, 4.69) is 5.21 Å². The number of rotatable bonds is 1. The smallest absolute Gasteiger partial charge is 0.225 e. The van der Waals surface area contributed by atoms with Crippen LogP contribution in [0.4, 0.5) is 0 Å². The van der Waals surface area contributed by atoms with Gasteiger partial charge in [0.2, 0.25) is 10.0 Å². The van der Waals surface area contributed by atoms with Crippen molar-refractivity contribution >= 4 is 10.0 Å². The fourth-order valence-corrected chi connectivity index (χ4v) is 2.01. The van der Waals surface area contributed by atoms with Gasteiger partial charge in [-0.3, -0.25) is 0 Å². The van der Waals surface area contributed by atoms with Gasteiger partial charge in [-0.1, -0.05) is 18.2 Å². The van der Waals surface area contributed by atoms with Crippen molar-refractivity contribution < 1.29 is 8.42 Å². The second-order valence-corrected chi connectivity index (χ2v) is 4.93. The highest BCUT2D eigenvalue weighted by atomic mass is 32.2. The highest BCUT2D eigenvalue weighted by Gasteiger charge is 2.08. The molecule has 16 heavy (non-hydrogen) atoms. The summed E-state index contributed by atoms with van der Waals surface area (Å²) in [7, 11) is -3.53. The van der Waals surface area contributed by atoms with Crippen molar-refractivity contribution in [2.75, 3.05) is 0 Å². The van der Waals surface area contributed by atoms with Crippen LogP contribution in [0.2, 0.25) is 0 Å². The number of hydrogen-bond donors (Lipinski definition) is 2. The average molecular weight is 240 g/mol. The molecule has 1 aromatic carbocycles. The first kappa shape index (κ1) is 10.8. The number of benzene rings is 1. The zero-order valence-electron chi connectivity index (χ0n) is 8.66. The second kappa shape index (κ2) is 3.69. The molecule has 0 atom stereocenters. The van der Waals surface area contributed by atoms with Crippen molar-refractivity contribution in [1.82, 2.24) is 14.5 Å². The number of aryl methyl sites for hydroxylation is 1. The molecule has 0 fully saturated rings. The summed E-state index contributed by atoms with van der Waals surface area (Å²) in [5.41, 5.74) is 0.676. The van der Waals surface area contributed by atoms with Crippen LogP contribution in [0.25, 0.3) is 0 Å². The first-order valence-electron chi connectivity index (χ1n) is 4.60. The van der Waals surface area contributed by atoms with Crippen LogP contribution in [-0.2, 0) is 10.0 Å². The van der Waals surface area contributed by atoms with E-state index in [0.29, 0.717) is 5.56 Å². The van der Waals surface area contributed by atoms with Crippen LogP contribution in [0.1, 0.15) is 5.56 Å². The lowest BCUT2D eigenvalue weighted by Crippen LogP contribution is -2.13. The van der Waals surface area contributed by atoms with Crippen LogP contribution in [0.3, 0.4) is 0 Å². The Morgan fingerprint density at radius 3 is 2.00 bits per heavy atom. The molecule has 0 unspecified atom stereocenters. The molecule has 3 aromatic rings. The van der Waals surface area contributed by atoms with Gasteiger partial charge < -0.3 is 0 Å². The lowest BCUT2D eigenvalue weighted by Gasteiger charge is -2.00. The minimum atomic E-state index is -3.53. The first-order chi connectivity index (χ1) is 7.48. The second-order valence-electron chi connectivity index (χ2n) is 3.40. The molecule has 7 heteroatoms. The van der Waals surface area contributed by atoms with Gasteiger partial charge in [-0.15, -0.1) is 0 Å². The minimum absolute atomic E-state index is 0.194. The standard InChI is InChI=1S/C7H9NO2S.C2H3N3/c1-6-4-2-3-5-7(6)11(8,9)10;1-2-5-3-4(1)5/h2-5H,1H3,(H2,8,9,10);1-3H. The molecule has 0 aliphatic heterocycles. The molecule has 0 amide bonds. The van der Waals surface area contributed by atoms with Crippen LogP contribution in [0, 0.1) is 6.92 Å². The number of primary sulfonamides is 1. The van der Waals surface area contributed by atoms with Crippen molar-refractivity contribution in [3.63, 3.8) is 0 Å². The predicted molar refractivity (Wildman–Crippen MR) is 58.9 cm³/mol. The van der Waals surface area contributed by atoms with E-state index in [-0.39, 0.29) is 4.90 Å². The summed E-state index contributed by atoms with van der Waals surface area (Å²) in [5, 5.41) is 7.79. The number of aromatic amines is 1. The number of nitrogens with one attached hydrogen (secondary N) is 1. The molecule has 0 aliphatic carbocycles. The number of hydrogen-bond acceptors (Lipinski definition) is 2. The van der Waals surface area contributed by atoms with Crippen molar-refractivity contribution in [3.8, 4) is 0 Å². The number of nitrogens with two attached hydrogens (primary N) is 1. The van der Waals surface area contributed by atoms with Crippen LogP contribution in [-0.4, -0.2) is 22.9 Å². The number of fused-ring (bicyclic) bond motifs is 1. The maximum absolute atomic E-state index is 10.8. The summed E-state index contributed by atoms with van der Waals surface area (Å²) in [4.78, 5) is 0.194. The van der Waals surface area contributed by atoms with Crippen molar-refractivity contribution in [1.29, 1.82) is 0 Å². The van der Waals surface area contributed by atoms with Gasteiger partial charge in [-0.25, -0.2) is 13.6 Å². The van der Waals surface area contributed by atoms with Crippen molar-refractivity contribution in [3.05, 3.63) is 42.2 Å². The zero-order chi connectivity index (χ0) is 11.8. The van der Waals surface area contributed by atoms with E-state index < -0.39 is 10.0 Å². The molecule has 0 bridgehead atoms. The maximum atomic E-state index is 10.8. The first-order valence-corrected chi connectivity index (χ1v) is 6.14. The highest BCUT2D eigenvalue weighted by molar-refractivity contribution is 7.89. The van der Waals surface area contributed by atoms with Crippen LogP contribution in [0.5, 0.6) is 0 Å². The van der Waals surface area contributed by atoms with Gasteiger partial charge in [-0.05, 0) is 18.6 Å². The van der Waals surface area contributed by atoms with Crippen LogP contribution in [0.15, 0.2) is 41.6 Å². The fourth-order valence-electron chi connectivity index (χ4n) is 1.23. The topological polar surface area (TPSA) is 84.8 Å². The predicted octanol–water partition coefficient (Wildman–Crippen LogP) is 0.447. The largest absolute Gasteiger partial charge is 0.238 e. The third kappa shape index (κ3) is 2.26. The summed E-state index contributed by atoms with van der Waals surface area (Å²) in [5.74, 6) is 0. The molecule has 0 aliphatic rings. The van der Waals surface area contributed by atoms with E-state index in [9.17, 15) is 8.42 Å². The lowest BCUT2D eigenvalue weighted by molar-refractivity contribution is 0.597. The minimum Gasteiger partial charge on any atom is -0.225 e. The number of H-pyrrole nitrogens is 1. The summed E-state index contributed by atoms with van der Waals surface area (Å²) in [6.45, 7) is 1.71. The van der Waals surface area contributed by atoms with Crippen LogP contribution < -0.4 is 5.14 Å². The van der Waals surface area contributed by atoms with E-state index in [1.165, 1.54) is 6.07 Å².